The van der Waals surface area contributed by atoms with Crippen molar-refractivity contribution in [2.75, 3.05) is 32.8 Å². The zero-order chi connectivity index (χ0) is 10.5. The SMILES string of the molecule is OCCN1CCNCC1C1CC=CCC1. The Morgan fingerprint density at radius 2 is 2.33 bits per heavy atom. The lowest BCUT2D eigenvalue weighted by molar-refractivity contribution is 0.0857. The molecule has 0 spiro atoms. The van der Waals surface area contributed by atoms with Crippen LogP contribution in [0.1, 0.15) is 19.3 Å². The molecule has 2 unspecified atom stereocenters. The molecule has 2 aliphatic rings. The summed E-state index contributed by atoms with van der Waals surface area (Å²) < 4.78 is 0. The Balaban J connectivity index is 1.93. The van der Waals surface area contributed by atoms with Gasteiger partial charge in [-0.2, -0.15) is 0 Å². The summed E-state index contributed by atoms with van der Waals surface area (Å²) in [6.07, 6.45) is 8.37. The summed E-state index contributed by atoms with van der Waals surface area (Å²) in [6, 6.07) is 0.635. The zero-order valence-corrected chi connectivity index (χ0v) is 9.36. The Labute approximate surface area is 92.2 Å². The standard InChI is InChI=1S/C12H22N2O/c15-9-8-14-7-6-13-10-12(14)11-4-2-1-3-5-11/h1-2,11-13,15H,3-10H2. The largest absolute Gasteiger partial charge is 0.395 e. The molecular weight excluding hydrogens is 188 g/mol. The number of nitrogens with one attached hydrogen (secondary N) is 1. The van der Waals surface area contributed by atoms with Gasteiger partial charge in [-0.1, -0.05) is 12.2 Å². The Bertz CT molecular complexity index is 216. The van der Waals surface area contributed by atoms with E-state index in [-0.39, 0.29) is 0 Å². The molecular formula is C12H22N2O. The number of rotatable bonds is 3. The minimum atomic E-state index is 0.291. The maximum Gasteiger partial charge on any atom is 0.0558 e. The molecule has 1 fully saturated rings. The monoisotopic (exact) mass is 210 g/mol. The van der Waals surface area contributed by atoms with Crippen LogP contribution in [0.2, 0.25) is 0 Å². The fraction of sp³-hybridized carbons (Fsp3) is 0.833. The first-order valence-electron chi connectivity index (χ1n) is 6.12. The number of β-amino-alcohol motifs (C(OH)–C–C–N with tert-alkyl or cyclic N) is 1. The molecule has 0 aromatic carbocycles. The Kier molecular flexibility index (Phi) is 4.18. The van der Waals surface area contributed by atoms with Crippen LogP contribution in [0.5, 0.6) is 0 Å². The van der Waals surface area contributed by atoms with Gasteiger partial charge in [0.05, 0.1) is 6.61 Å². The molecule has 0 aromatic rings. The number of aliphatic hydroxyl groups is 1. The molecule has 0 radical (unpaired) electrons. The summed E-state index contributed by atoms with van der Waals surface area (Å²) in [5.41, 5.74) is 0. The van der Waals surface area contributed by atoms with Gasteiger partial charge in [0.1, 0.15) is 0 Å². The van der Waals surface area contributed by atoms with Gasteiger partial charge in [-0.25, -0.2) is 0 Å². The first-order chi connectivity index (χ1) is 7.42. The van der Waals surface area contributed by atoms with E-state index in [2.05, 4.69) is 22.4 Å². The first-order valence-corrected chi connectivity index (χ1v) is 6.12. The van der Waals surface area contributed by atoms with Crippen LogP contribution in [0.3, 0.4) is 0 Å². The van der Waals surface area contributed by atoms with E-state index >= 15 is 0 Å². The lowest BCUT2D eigenvalue weighted by Crippen LogP contribution is -2.55. The summed E-state index contributed by atoms with van der Waals surface area (Å²) in [5.74, 6) is 0.786. The van der Waals surface area contributed by atoms with E-state index in [1.807, 2.05) is 0 Å². The van der Waals surface area contributed by atoms with E-state index in [9.17, 15) is 0 Å². The van der Waals surface area contributed by atoms with Gasteiger partial charge in [0.25, 0.3) is 0 Å². The van der Waals surface area contributed by atoms with Crippen LogP contribution in [0.25, 0.3) is 0 Å². The predicted octanol–water partition coefficient (Wildman–Crippen LogP) is 0.609. The minimum Gasteiger partial charge on any atom is -0.395 e. The van der Waals surface area contributed by atoms with E-state index in [1.165, 1.54) is 19.3 Å². The third-order valence-electron chi connectivity index (χ3n) is 3.64. The summed E-state index contributed by atoms with van der Waals surface area (Å²) in [6.45, 7) is 4.38. The number of nitrogens with zero attached hydrogens (tertiary/aromatic N) is 1. The molecule has 2 N–H and O–H groups in total. The molecule has 2 rings (SSSR count). The van der Waals surface area contributed by atoms with E-state index in [0.717, 1.165) is 32.1 Å². The van der Waals surface area contributed by atoms with E-state index in [1.54, 1.807) is 0 Å². The third-order valence-corrected chi connectivity index (χ3v) is 3.64. The van der Waals surface area contributed by atoms with Gasteiger partial charge >= 0.3 is 0 Å². The first kappa shape index (κ1) is 11.1. The molecule has 15 heavy (non-hydrogen) atoms. The predicted molar refractivity (Wildman–Crippen MR) is 61.8 cm³/mol. The molecule has 86 valence electrons. The molecule has 3 heteroatoms. The van der Waals surface area contributed by atoms with Crippen LogP contribution >= 0.6 is 0 Å². The number of aliphatic hydroxyl groups excluding tert-OH is 1. The number of piperazine rings is 1. The highest BCUT2D eigenvalue weighted by atomic mass is 16.3. The Morgan fingerprint density at radius 1 is 1.40 bits per heavy atom. The average Bonchev–Trinajstić information content (AvgIpc) is 2.31. The molecule has 1 saturated heterocycles. The van der Waals surface area contributed by atoms with Crippen molar-refractivity contribution >= 4 is 0 Å². The van der Waals surface area contributed by atoms with Gasteiger partial charge < -0.3 is 10.4 Å². The van der Waals surface area contributed by atoms with Crippen molar-refractivity contribution in [3.63, 3.8) is 0 Å². The van der Waals surface area contributed by atoms with E-state index in [0.29, 0.717) is 12.6 Å². The second-order valence-electron chi connectivity index (χ2n) is 4.58. The highest BCUT2D eigenvalue weighted by Crippen LogP contribution is 2.25. The van der Waals surface area contributed by atoms with Gasteiger partial charge in [0.2, 0.25) is 0 Å². The smallest absolute Gasteiger partial charge is 0.0558 e. The van der Waals surface area contributed by atoms with Crippen LogP contribution < -0.4 is 5.32 Å². The van der Waals surface area contributed by atoms with Crippen LogP contribution in [0, 0.1) is 5.92 Å². The summed E-state index contributed by atoms with van der Waals surface area (Å²) in [7, 11) is 0. The molecule has 0 aromatic heterocycles. The van der Waals surface area contributed by atoms with Crippen molar-refractivity contribution in [1.29, 1.82) is 0 Å². The second kappa shape index (κ2) is 5.64. The van der Waals surface area contributed by atoms with Crippen LogP contribution in [0.15, 0.2) is 12.2 Å². The molecule has 2 atom stereocenters. The minimum absolute atomic E-state index is 0.291. The summed E-state index contributed by atoms with van der Waals surface area (Å²) in [5, 5.41) is 12.5. The average molecular weight is 210 g/mol. The topological polar surface area (TPSA) is 35.5 Å². The van der Waals surface area contributed by atoms with E-state index in [4.69, 9.17) is 5.11 Å². The quantitative estimate of drug-likeness (QED) is 0.670. The lowest BCUT2D eigenvalue weighted by atomic mass is 9.86. The van der Waals surface area contributed by atoms with E-state index < -0.39 is 0 Å². The normalized spacial score (nSPS) is 33.1. The number of hydrogen-bond acceptors (Lipinski definition) is 3. The van der Waals surface area contributed by atoms with Gasteiger partial charge in [0, 0.05) is 32.2 Å². The summed E-state index contributed by atoms with van der Waals surface area (Å²) >= 11 is 0. The van der Waals surface area contributed by atoms with Crippen LogP contribution in [0.4, 0.5) is 0 Å². The van der Waals surface area contributed by atoms with Gasteiger partial charge in [-0.3, -0.25) is 4.90 Å². The number of allylic oxidation sites excluding steroid dienone is 2. The molecule has 0 saturated carbocycles. The molecule has 0 amide bonds. The van der Waals surface area contributed by atoms with Crippen molar-refractivity contribution in [2.45, 2.75) is 25.3 Å². The van der Waals surface area contributed by atoms with Crippen molar-refractivity contribution < 1.29 is 5.11 Å². The second-order valence-corrected chi connectivity index (χ2v) is 4.58. The Morgan fingerprint density at radius 3 is 3.07 bits per heavy atom. The van der Waals surface area contributed by atoms with Crippen LogP contribution in [-0.4, -0.2) is 48.8 Å². The van der Waals surface area contributed by atoms with Crippen LogP contribution in [-0.2, 0) is 0 Å². The fourth-order valence-electron chi connectivity index (χ4n) is 2.80. The number of hydrogen-bond donors (Lipinski definition) is 2. The maximum atomic E-state index is 9.06. The van der Waals surface area contributed by atoms with Crippen molar-refractivity contribution in [1.82, 2.24) is 10.2 Å². The fourth-order valence-corrected chi connectivity index (χ4v) is 2.80. The maximum absolute atomic E-state index is 9.06. The molecule has 0 bridgehead atoms. The van der Waals surface area contributed by atoms with Crippen molar-refractivity contribution in [3.05, 3.63) is 12.2 Å². The summed E-state index contributed by atoms with van der Waals surface area (Å²) in [4.78, 5) is 2.46. The van der Waals surface area contributed by atoms with Crippen molar-refractivity contribution in [2.24, 2.45) is 5.92 Å². The highest BCUT2D eigenvalue weighted by molar-refractivity contribution is 4.96. The van der Waals surface area contributed by atoms with Gasteiger partial charge in [-0.15, -0.1) is 0 Å². The molecule has 1 aliphatic carbocycles. The Hall–Kier alpha value is -0.380. The van der Waals surface area contributed by atoms with Gasteiger partial charge in [-0.05, 0) is 25.2 Å². The third kappa shape index (κ3) is 2.80. The molecule has 3 nitrogen and oxygen atoms in total. The zero-order valence-electron chi connectivity index (χ0n) is 9.36. The van der Waals surface area contributed by atoms with Crippen molar-refractivity contribution in [3.8, 4) is 0 Å². The molecule has 1 aliphatic heterocycles. The highest BCUT2D eigenvalue weighted by Gasteiger charge is 2.28. The van der Waals surface area contributed by atoms with Gasteiger partial charge in [0.15, 0.2) is 0 Å². The lowest BCUT2D eigenvalue weighted by Gasteiger charge is -2.41. The molecule has 1 heterocycles.